The van der Waals surface area contributed by atoms with Crippen LogP contribution in [0.15, 0.2) is 42.6 Å². The Morgan fingerprint density at radius 1 is 1.06 bits per heavy atom. The topological polar surface area (TPSA) is 105 Å². The second-order valence-electron chi connectivity index (χ2n) is 8.27. The van der Waals surface area contributed by atoms with Crippen LogP contribution in [0.3, 0.4) is 0 Å². The van der Waals surface area contributed by atoms with Crippen LogP contribution in [0.5, 0.6) is 0 Å². The lowest BCUT2D eigenvalue weighted by Gasteiger charge is -2.33. The number of hydrogen-bond donors (Lipinski definition) is 0. The predicted molar refractivity (Wildman–Crippen MR) is 120 cm³/mol. The Hall–Kier alpha value is -3.32. The normalized spacial score (nSPS) is 15.5. The van der Waals surface area contributed by atoms with E-state index in [-0.39, 0.29) is 37.7 Å². The van der Waals surface area contributed by atoms with Gasteiger partial charge in [0.15, 0.2) is 5.78 Å². The lowest BCUT2D eigenvalue weighted by molar-refractivity contribution is -0.141. The third-order valence-corrected chi connectivity index (χ3v) is 6.97. The van der Waals surface area contributed by atoms with Crippen LogP contribution >= 0.6 is 0 Å². The Balaban J connectivity index is 1.41. The van der Waals surface area contributed by atoms with Gasteiger partial charge in [-0.3, -0.25) is 14.3 Å². The number of carbonyl (C=O) groups is 2. The predicted octanol–water partition coefficient (Wildman–Crippen LogP) is 1.98. The molecule has 0 saturated carbocycles. The Morgan fingerprint density at radius 2 is 1.77 bits per heavy atom. The van der Waals surface area contributed by atoms with E-state index in [0.717, 1.165) is 18.4 Å². The molecule has 0 bridgehead atoms. The average molecular weight is 510 g/mol. The summed E-state index contributed by atoms with van der Waals surface area (Å²) in [6, 6.07) is 8.22. The van der Waals surface area contributed by atoms with Crippen LogP contribution in [0.25, 0.3) is 10.9 Å². The number of alkyl halides is 3. The minimum absolute atomic E-state index is 0.0318. The fourth-order valence-corrected chi connectivity index (χ4v) is 4.68. The number of Topliss-reactive ketones (excluding diaryl/α,β-unsaturated/α-hetero) is 1. The minimum atomic E-state index is -4.64. The molecule has 1 aromatic carbocycles. The summed E-state index contributed by atoms with van der Waals surface area (Å²) in [7, 11) is -3.29. The first-order chi connectivity index (χ1) is 16.4. The number of sulfonamides is 1. The van der Waals surface area contributed by atoms with E-state index in [1.54, 1.807) is 29.3 Å². The molecular formula is C22H22F3N5O4S. The Kier molecular flexibility index (Phi) is 6.64. The molecule has 13 heteroatoms. The molecule has 1 saturated heterocycles. The zero-order chi connectivity index (χ0) is 25.4. The van der Waals surface area contributed by atoms with Crippen molar-refractivity contribution in [2.24, 2.45) is 0 Å². The van der Waals surface area contributed by atoms with Crippen molar-refractivity contribution in [1.29, 1.82) is 0 Å². The molecule has 9 nitrogen and oxygen atoms in total. The quantitative estimate of drug-likeness (QED) is 0.471. The number of ketones is 1. The molecule has 1 amide bonds. The van der Waals surface area contributed by atoms with Crippen LogP contribution < -0.4 is 0 Å². The maximum Gasteiger partial charge on any atom is 0.433 e. The first-order valence-corrected chi connectivity index (χ1v) is 12.5. The molecule has 4 rings (SSSR count). The van der Waals surface area contributed by atoms with E-state index >= 15 is 0 Å². The maximum atomic E-state index is 12.9. The van der Waals surface area contributed by atoms with Crippen molar-refractivity contribution in [3.05, 3.63) is 59.5 Å². The molecule has 0 spiro atoms. The lowest BCUT2D eigenvalue weighted by atomic mass is 10.0. The van der Waals surface area contributed by atoms with Gasteiger partial charge in [0.05, 0.1) is 11.8 Å². The van der Waals surface area contributed by atoms with Gasteiger partial charge < -0.3 is 4.90 Å². The highest BCUT2D eigenvalue weighted by Gasteiger charge is 2.33. The van der Waals surface area contributed by atoms with E-state index in [0.29, 0.717) is 29.6 Å². The molecule has 0 unspecified atom stereocenters. The number of halogens is 3. The molecule has 1 fully saturated rings. The van der Waals surface area contributed by atoms with Crippen LogP contribution in [0.2, 0.25) is 0 Å². The van der Waals surface area contributed by atoms with E-state index in [1.165, 1.54) is 15.1 Å². The number of pyridine rings is 1. The molecule has 3 heterocycles. The number of fused-ring (bicyclic) bond motifs is 1. The van der Waals surface area contributed by atoms with E-state index in [4.69, 9.17) is 0 Å². The summed E-state index contributed by atoms with van der Waals surface area (Å²) in [6.07, 6.45) is -1.99. The number of carbonyl (C=O) groups excluding carboxylic acids is 2. The number of rotatable bonds is 6. The van der Waals surface area contributed by atoms with Gasteiger partial charge in [-0.2, -0.15) is 22.6 Å². The molecule has 0 atom stereocenters. The Labute approximate surface area is 199 Å². The molecular weight excluding hydrogens is 487 g/mol. The van der Waals surface area contributed by atoms with Crippen LogP contribution in [0, 0.1) is 0 Å². The average Bonchev–Trinajstić information content (AvgIpc) is 3.19. The number of aromatic nitrogens is 3. The van der Waals surface area contributed by atoms with Gasteiger partial charge in [-0.1, -0.05) is 12.1 Å². The number of nitrogens with zero attached hydrogens (tertiary/aromatic N) is 5. The maximum absolute atomic E-state index is 12.9. The van der Waals surface area contributed by atoms with Gasteiger partial charge >= 0.3 is 6.18 Å². The third-order valence-electron chi connectivity index (χ3n) is 5.66. The Bertz CT molecular complexity index is 1380. The fourth-order valence-electron chi connectivity index (χ4n) is 3.85. The standard InChI is InChI=1S/C22H22F3N5O4S/c1-35(33,34)30-9-7-28(8-10-30)21(32)14-29-13-16-11-15(5-6-17(16)27-29)12-19(31)18-3-2-4-20(26-18)22(23,24)25/h2-6,11,13H,7-10,12,14H2,1H3. The molecule has 186 valence electrons. The summed E-state index contributed by atoms with van der Waals surface area (Å²) in [5.41, 5.74) is -0.225. The number of hydrogen-bond acceptors (Lipinski definition) is 6. The van der Waals surface area contributed by atoms with Crippen molar-refractivity contribution in [1.82, 2.24) is 24.0 Å². The lowest BCUT2D eigenvalue weighted by Crippen LogP contribution is -2.51. The third kappa shape index (κ3) is 5.85. The summed E-state index contributed by atoms with van der Waals surface area (Å²) in [6.45, 7) is 1.04. The smallest absolute Gasteiger partial charge is 0.338 e. The zero-order valence-electron chi connectivity index (χ0n) is 18.7. The highest BCUT2D eigenvalue weighted by atomic mass is 32.2. The monoisotopic (exact) mass is 509 g/mol. The molecule has 0 aliphatic carbocycles. The van der Waals surface area contributed by atoms with Gasteiger partial charge in [-0.05, 0) is 29.8 Å². The van der Waals surface area contributed by atoms with E-state index in [9.17, 15) is 31.2 Å². The summed E-state index contributed by atoms with van der Waals surface area (Å²) in [5, 5.41) is 5.03. The van der Waals surface area contributed by atoms with Crippen LogP contribution in [-0.2, 0) is 34.0 Å². The number of benzene rings is 1. The second-order valence-corrected chi connectivity index (χ2v) is 10.3. The summed E-state index contributed by atoms with van der Waals surface area (Å²) in [4.78, 5) is 30.1. The van der Waals surface area contributed by atoms with E-state index in [2.05, 4.69) is 10.1 Å². The number of piperazine rings is 1. The van der Waals surface area contributed by atoms with Crippen molar-refractivity contribution in [2.45, 2.75) is 19.1 Å². The molecule has 35 heavy (non-hydrogen) atoms. The molecule has 1 aliphatic heterocycles. The molecule has 0 N–H and O–H groups in total. The van der Waals surface area contributed by atoms with Gasteiger partial charge in [-0.25, -0.2) is 13.4 Å². The molecule has 3 aromatic rings. The second kappa shape index (κ2) is 9.38. The summed E-state index contributed by atoms with van der Waals surface area (Å²) in [5.74, 6) is -0.747. The van der Waals surface area contributed by atoms with E-state index in [1.807, 2.05) is 0 Å². The van der Waals surface area contributed by atoms with Crippen molar-refractivity contribution < 1.29 is 31.2 Å². The van der Waals surface area contributed by atoms with Gasteiger partial charge in [0.2, 0.25) is 15.9 Å². The highest BCUT2D eigenvalue weighted by molar-refractivity contribution is 7.88. The van der Waals surface area contributed by atoms with Gasteiger partial charge in [0.1, 0.15) is 17.9 Å². The first-order valence-electron chi connectivity index (χ1n) is 10.7. The fraction of sp³-hybridized carbons (Fsp3) is 0.364. The van der Waals surface area contributed by atoms with E-state index < -0.39 is 27.7 Å². The van der Waals surface area contributed by atoms with Gasteiger partial charge in [0.25, 0.3) is 0 Å². The summed E-state index contributed by atoms with van der Waals surface area (Å²) < 4.78 is 64.7. The van der Waals surface area contributed by atoms with Crippen LogP contribution in [0.1, 0.15) is 21.7 Å². The zero-order valence-corrected chi connectivity index (χ0v) is 19.5. The Morgan fingerprint density at radius 3 is 2.43 bits per heavy atom. The highest BCUT2D eigenvalue weighted by Crippen LogP contribution is 2.27. The SMILES string of the molecule is CS(=O)(=O)N1CCN(C(=O)Cn2cc3cc(CC(=O)c4cccc(C(F)(F)F)n4)ccc3n2)CC1. The van der Waals surface area contributed by atoms with Crippen LogP contribution in [0.4, 0.5) is 13.2 Å². The molecule has 0 radical (unpaired) electrons. The first kappa shape index (κ1) is 24.8. The van der Waals surface area contributed by atoms with Crippen molar-refractivity contribution in [2.75, 3.05) is 32.4 Å². The molecule has 1 aliphatic rings. The van der Waals surface area contributed by atoms with Crippen LogP contribution in [-0.4, -0.2) is 76.5 Å². The summed E-state index contributed by atoms with van der Waals surface area (Å²) >= 11 is 0. The van der Waals surface area contributed by atoms with Gasteiger partial charge in [-0.15, -0.1) is 0 Å². The largest absolute Gasteiger partial charge is 0.433 e. The van der Waals surface area contributed by atoms with Crippen molar-refractivity contribution in [3.63, 3.8) is 0 Å². The molecule has 2 aromatic heterocycles. The number of amides is 1. The minimum Gasteiger partial charge on any atom is -0.338 e. The van der Waals surface area contributed by atoms with Gasteiger partial charge in [0, 0.05) is 44.2 Å². The van der Waals surface area contributed by atoms with Crippen molar-refractivity contribution >= 4 is 32.6 Å². The van der Waals surface area contributed by atoms with Crippen molar-refractivity contribution in [3.8, 4) is 0 Å².